The summed E-state index contributed by atoms with van der Waals surface area (Å²) in [6.07, 6.45) is 6.09. The maximum atomic E-state index is 13.3. The number of carboxylic acid groups (broad SMARTS) is 1. The zero-order valence-corrected chi connectivity index (χ0v) is 18.3. The molecular formula is C24H26BrNO3. The van der Waals surface area contributed by atoms with Crippen LogP contribution >= 0.6 is 15.9 Å². The first-order chi connectivity index (χ1) is 13.9. The van der Waals surface area contributed by atoms with Gasteiger partial charge < -0.3 is 10.4 Å². The van der Waals surface area contributed by atoms with Crippen LogP contribution in [0.5, 0.6) is 0 Å². The van der Waals surface area contributed by atoms with Crippen LogP contribution in [-0.2, 0) is 9.59 Å². The molecule has 0 bridgehead atoms. The monoisotopic (exact) mass is 455 g/mol. The van der Waals surface area contributed by atoms with E-state index in [0.717, 1.165) is 39.7 Å². The van der Waals surface area contributed by atoms with Gasteiger partial charge in [0.15, 0.2) is 0 Å². The van der Waals surface area contributed by atoms with Crippen LogP contribution in [0.2, 0.25) is 0 Å². The van der Waals surface area contributed by atoms with Gasteiger partial charge in [-0.25, -0.2) is 4.79 Å². The van der Waals surface area contributed by atoms with Crippen molar-refractivity contribution in [3.8, 4) is 0 Å². The third-order valence-electron chi connectivity index (χ3n) is 5.73. The normalized spacial score (nSPS) is 15.9. The van der Waals surface area contributed by atoms with Crippen molar-refractivity contribution >= 4 is 39.6 Å². The number of rotatable bonds is 6. The SMILES string of the molecule is CC(=Cc1cccc(NC(=O)C(c2ccc(Br)cc2)C2CCCC2)c1C)C(=O)O. The molecule has 2 aromatic carbocycles. The van der Waals surface area contributed by atoms with E-state index in [2.05, 4.69) is 21.2 Å². The molecule has 2 N–H and O–H groups in total. The maximum absolute atomic E-state index is 13.3. The van der Waals surface area contributed by atoms with E-state index in [9.17, 15) is 9.59 Å². The highest BCUT2D eigenvalue weighted by atomic mass is 79.9. The molecule has 3 rings (SSSR count). The van der Waals surface area contributed by atoms with Gasteiger partial charge >= 0.3 is 5.97 Å². The van der Waals surface area contributed by atoms with Crippen molar-refractivity contribution in [3.05, 3.63) is 69.2 Å². The molecule has 0 aromatic heterocycles. The lowest BCUT2D eigenvalue weighted by Gasteiger charge is -2.24. The van der Waals surface area contributed by atoms with Gasteiger partial charge in [0.2, 0.25) is 5.91 Å². The van der Waals surface area contributed by atoms with Crippen LogP contribution in [0.4, 0.5) is 5.69 Å². The van der Waals surface area contributed by atoms with E-state index in [-0.39, 0.29) is 17.4 Å². The molecule has 1 aliphatic carbocycles. The van der Waals surface area contributed by atoms with Gasteiger partial charge in [0.05, 0.1) is 5.92 Å². The third-order valence-corrected chi connectivity index (χ3v) is 6.25. The molecule has 1 aliphatic rings. The van der Waals surface area contributed by atoms with Crippen molar-refractivity contribution in [2.45, 2.75) is 45.4 Å². The number of benzene rings is 2. The Hall–Kier alpha value is -2.40. The Morgan fingerprint density at radius 1 is 1.14 bits per heavy atom. The molecule has 2 aromatic rings. The van der Waals surface area contributed by atoms with Crippen molar-refractivity contribution in [2.75, 3.05) is 5.32 Å². The van der Waals surface area contributed by atoms with E-state index in [0.29, 0.717) is 5.92 Å². The van der Waals surface area contributed by atoms with E-state index in [1.807, 2.05) is 49.4 Å². The molecule has 1 saturated carbocycles. The van der Waals surface area contributed by atoms with Crippen LogP contribution in [0, 0.1) is 12.8 Å². The van der Waals surface area contributed by atoms with Crippen molar-refractivity contribution in [2.24, 2.45) is 5.92 Å². The fourth-order valence-electron chi connectivity index (χ4n) is 4.05. The Morgan fingerprint density at radius 2 is 1.79 bits per heavy atom. The van der Waals surface area contributed by atoms with E-state index in [1.165, 1.54) is 12.8 Å². The van der Waals surface area contributed by atoms with Crippen molar-refractivity contribution < 1.29 is 14.7 Å². The largest absolute Gasteiger partial charge is 0.478 e. The molecule has 29 heavy (non-hydrogen) atoms. The molecule has 1 amide bonds. The average molecular weight is 456 g/mol. The second-order valence-electron chi connectivity index (χ2n) is 7.72. The molecule has 1 fully saturated rings. The first kappa shape index (κ1) is 21.3. The Labute approximate surface area is 180 Å². The lowest BCUT2D eigenvalue weighted by molar-refractivity contribution is -0.132. The number of nitrogens with one attached hydrogen (secondary N) is 1. The molecule has 0 spiro atoms. The highest BCUT2D eigenvalue weighted by Crippen LogP contribution is 2.38. The third kappa shape index (κ3) is 5.15. The van der Waals surface area contributed by atoms with Gasteiger partial charge in [-0.2, -0.15) is 0 Å². The van der Waals surface area contributed by atoms with Crippen molar-refractivity contribution in [3.63, 3.8) is 0 Å². The summed E-state index contributed by atoms with van der Waals surface area (Å²) in [5.74, 6) is -0.799. The second kappa shape index (κ2) is 9.40. The number of amides is 1. The van der Waals surface area contributed by atoms with Crippen LogP contribution in [0.15, 0.2) is 52.5 Å². The maximum Gasteiger partial charge on any atom is 0.331 e. The minimum absolute atomic E-state index is 0.00147. The molecule has 5 heteroatoms. The average Bonchev–Trinajstić information content (AvgIpc) is 3.20. The van der Waals surface area contributed by atoms with Gasteiger partial charge in [0.25, 0.3) is 0 Å². The zero-order valence-electron chi connectivity index (χ0n) is 16.7. The van der Waals surface area contributed by atoms with Crippen LogP contribution in [-0.4, -0.2) is 17.0 Å². The molecule has 152 valence electrons. The molecule has 0 saturated heterocycles. The molecule has 0 aliphatic heterocycles. The number of anilines is 1. The number of carbonyl (C=O) groups is 2. The zero-order chi connectivity index (χ0) is 21.0. The Balaban J connectivity index is 1.89. The first-order valence-electron chi connectivity index (χ1n) is 9.94. The molecule has 1 atom stereocenters. The summed E-state index contributed by atoms with van der Waals surface area (Å²) in [6, 6.07) is 13.6. The van der Waals surface area contributed by atoms with E-state index < -0.39 is 5.97 Å². The predicted octanol–water partition coefficient (Wildman–Crippen LogP) is 6.16. The van der Waals surface area contributed by atoms with Gasteiger partial charge in [-0.15, -0.1) is 0 Å². The summed E-state index contributed by atoms with van der Waals surface area (Å²) in [4.78, 5) is 24.5. The standard InChI is InChI=1S/C24H26BrNO3/c1-15(24(28)29)14-19-8-5-9-21(16(19)2)26-23(27)22(17-6-3-4-7-17)18-10-12-20(25)13-11-18/h5,8-14,17,22H,3-4,6-7H2,1-2H3,(H,26,27)(H,28,29). The molecule has 1 unspecified atom stereocenters. The Bertz CT molecular complexity index is 928. The molecular weight excluding hydrogens is 430 g/mol. The number of hydrogen-bond donors (Lipinski definition) is 2. The van der Waals surface area contributed by atoms with E-state index in [4.69, 9.17) is 5.11 Å². The summed E-state index contributed by atoms with van der Waals surface area (Å²) < 4.78 is 0.996. The number of carbonyl (C=O) groups excluding carboxylic acids is 1. The fraction of sp³-hybridized carbons (Fsp3) is 0.333. The number of aliphatic carboxylic acids is 1. The lowest BCUT2D eigenvalue weighted by Crippen LogP contribution is -2.27. The summed E-state index contributed by atoms with van der Waals surface area (Å²) >= 11 is 3.47. The quantitative estimate of drug-likeness (QED) is 0.512. The van der Waals surface area contributed by atoms with Crippen LogP contribution in [0.25, 0.3) is 6.08 Å². The van der Waals surface area contributed by atoms with E-state index in [1.54, 1.807) is 13.0 Å². The Kier molecular flexibility index (Phi) is 6.91. The summed E-state index contributed by atoms with van der Waals surface area (Å²) in [6.45, 7) is 3.47. The smallest absolute Gasteiger partial charge is 0.331 e. The van der Waals surface area contributed by atoms with Crippen molar-refractivity contribution in [1.29, 1.82) is 0 Å². The minimum atomic E-state index is -0.949. The van der Waals surface area contributed by atoms with Crippen LogP contribution in [0.3, 0.4) is 0 Å². The molecule has 0 heterocycles. The fourth-order valence-corrected chi connectivity index (χ4v) is 4.31. The lowest BCUT2D eigenvalue weighted by atomic mass is 9.84. The summed E-state index contributed by atoms with van der Waals surface area (Å²) in [5.41, 5.74) is 3.68. The van der Waals surface area contributed by atoms with Crippen molar-refractivity contribution in [1.82, 2.24) is 0 Å². The summed E-state index contributed by atoms with van der Waals surface area (Å²) in [7, 11) is 0. The first-order valence-corrected chi connectivity index (χ1v) is 10.7. The highest BCUT2D eigenvalue weighted by molar-refractivity contribution is 9.10. The highest BCUT2D eigenvalue weighted by Gasteiger charge is 2.32. The van der Waals surface area contributed by atoms with Gasteiger partial charge in [-0.05, 0) is 73.6 Å². The predicted molar refractivity (Wildman–Crippen MR) is 120 cm³/mol. The minimum Gasteiger partial charge on any atom is -0.478 e. The van der Waals surface area contributed by atoms with Gasteiger partial charge in [-0.3, -0.25) is 4.79 Å². The molecule has 4 nitrogen and oxygen atoms in total. The van der Waals surface area contributed by atoms with Gasteiger partial charge in [0.1, 0.15) is 0 Å². The number of hydrogen-bond acceptors (Lipinski definition) is 2. The number of carboxylic acids is 1. The Morgan fingerprint density at radius 3 is 2.41 bits per heavy atom. The topological polar surface area (TPSA) is 66.4 Å². The number of halogens is 1. The molecule has 0 radical (unpaired) electrons. The summed E-state index contributed by atoms with van der Waals surface area (Å²) in [5, 5.41) is 12.3. The van der Waals surface area contributed by atoms with E-state index >= 15 is 0 Å². The van der Waals surface area contributed by atoms with Crippen LogP contribution < -0.4 is 5.32 Å². The van der Waals surface area contributed by atoms with Crippen LogP contribution in [0.1, 0.15) is 55.2 Å². The second-order valence-corrected chi connectivity index (χ2v) is 8.63. The van der Waals surface area contributed by atoms with Gasteiger partial charge in [0, 0.05) is 15.7 Å². The van der Waals surface area contributed by atoms with Gasteiger partial charge in [-0.1, -0.05) is 53.0 Å².